The van der Waals surface area contributed by atoms with Crippen LogP contribution in [0.1, 0.15) is 102 Å². The molecule has 4 N–H and O–H groups in total. The Morgan fingerprint density at radius 1 is 0.638 bits per heavy atom. The molecule has 14 nitrogen and oxygen atoms in total. The standard InChI is InChI=1S/C44H54N8O6/c1-25(2)37(49-43(55)57-7)41(53)51-27(5)9-21-35(51)39-45-23-33(47-39)31-17-13-29(14-18-31)11-12-30-15-19-32(20-16-30)34-24-46-40(48-34)36-22-10-28(6)52(36)42(54)38(26(3)4)50-44(56)58-8/h13-20,23-28,35-38H,9-10,21-22H2,1-8H3,(H,45,47)(H,46,48)(H,49,55)(H,50,56)/t27-,28-,35+,36+,37+,38+/m1/s1. The van der Waals surface area contributed by atoms with Crippen LogP contribution in [0.25, 0.3) is 22.5 Å². The lowest BCUT2D eigenvalue weighted by Crippen LogP contribution is -2.52. The van der Waals surface area contributed by atoms with E-state index in [9.17, 15) is 19.2 Å². The van der Waals surface area contributed by atoms with E-state index in [0.29, 0.717) is 11.6 Å². The number of benzene rings is 2. The van der Waals surface area contributed by atoms with Crippen molar-refractivity contribution in [2.75, 3.05) is 14.2 Å². The van der Waals surface area contributed by atoms with Crippen molar-refractivity contribution in [2.45, 2.75) is 103 Å². The van der Waals surface area contributed by atoms with Gasteiger partial charge in [0.1, 0.15) is 23.7 Å². The summed E-state index contributed by atoms with van der Waals surface area (Å²) in [5.41, 5.74) is 5.28. The van der Waals surface area contributed by atoms with E-state index in [-0.39, 0.29) is 47.8 Å². The van der Waals surface area contributed by atoms with Crippen LogP contribution in [0.3, 0.4) is 0 Å². The summed E-state index contributed by atoms with van der Waals surface area (Å²) in [6.07, 6.45) is 5.50. The molecule has 2 aliphatic heterocycles. The Bertz CT molecular complexity index is 2000. The van der Waals surface area contributed by atoms with E-state index in [0.717, 1.165) is 59.3 Å². The Balaban J connectivity index is 1.10. The number of rotatable bonds is 10. The van der Waals surface area contributed by atoms with Crippen molar-refractivity contribution in [1.29, 1.82) is 0 Å². The van der Waals surface area contributed by atoms with Gasteiger partial charge in [0.25, 0.3) is 0 Å². The zero-order chi connectivity index (χ0) is 41.7. The number of hydrogen-bond donors (Lipinski definition) is 4. The van der Waals surface area contributed by atoms with Gasteiger partial charge in [-0.05, 0) is 86.8 Å². The number of hydrogen-bond acceptors (Lipinski definition) is 8. The van der Waals surface area contributed by atoms with Gasteiger partial charge in [-0.2, -0.15) is 0 Å². The Hall–Kier alpha value is -6.10. The summed E-state index contributed by atoms with van der Waals surface area (Å²) in [7, 11) is 2.58. The smallest absolute Gasteiger partial charge is 0.407 e. The van der Waals surface area contributed by atoms with E-state index in [1.165, 1.54) is 14.2 Å². The van der Waals surface area contributed by atoms with E-state index in [1.807, 2.05) is 99.9 Å². The van der Waals surface area contributed by atoms with Crippen LogP contribution in [0.15, 0.2) is 60.9 Å². The molecular formula is C44H54N8O6. The average molecular weight is 791 g/mol. The first-order valence-corrected chi connectivity index (χ1v) is 20.0. The van der Waals surface area contributed by atoms with Crippen LogP contribution in [0.5, 0.6) is 0 Å². The summed E-state index contributed by atoms with van der Waals surface area (Å²) in [5, 5.41) is 5.41. The number of methoxy groups -OCH3 is 2. The highest BCUT2D eigenvalue weighted by Crippen LogP contribution is 2.38. The predicted octanol–water partition coefficient (Wildman–Crippen LogP) is 6.73. The molecule has 14 heteroatoms. The largest absolute Gasteiger partial charge is 0.453 e. The van der Waals surface area contributed by atoms with Crippen LogP contribution in [-0.4, -0.2) is 92.1 Å². The number of nitrogens with zero attached hydrogens (tertiary/aromatic N) is 4. The van der Waals surface area contributed by atoms with E-state index in [1.54, 1.807) is 12.4 Å². The highest BCUT2D eigenvalue weighted by molar-refractivity contribution is 5.87. The molecule has 2 aliphatic rings. The Kier molecular flexibility index (Phi) is 12.9. The van der Waals surface area contributed by atoms with Crippen molar-refractivity contribution in [3.8, 4) is 34.4 Å². The molecule has 0 bridgehead atoms. The molecule has 2 saturated heterocycles. The van der Waals surface area contributed by atoms with Crippen LogP contribution >= 0.6 is 0 Å². The summed E-state index contributed by atoms with van der Waals surface area (Å²) in [6.45, 7) is 11.6. The molecule has 58 heavy (non-hydrogen) atoms. The molecule has 2 fully saturated rings. The molecule has 4 amide bonds. The second-order valence-electron chi connectivity index (χ2n) is 15.9. The number of imidazole rings is 2. The number of aromatic nitrogens is 4. The number of H-pyrrole nitrogens is 2. The molecule has 2 aromatic heterocycles. The maximum Gasteiger partial charge on any atom is 0.407 e. The number of carbonyl (C=O) groups is 4. The molecule has 4 heterocycles. The first kappa shape index (κ1) is 41.5. The number of amides is 4. The first-order chi connectivity index (χ1) is 27.8. The van der Waals surface area contributed by atoms with Crippen LogP contribution in [0.2, 0.25) is 0 Å². The number of ether oxygens (including phenoxy) is 2. The fraction of sp³-hybridized carbons (Fsp3) is 0.455. The quantitative estimate of drug-likeness (QED) is 0.128. The van der Waals surface area contributed by atoms with Gasteiger partial charge < -0.3 is 39.9 Å². The molecule has 0 radical (unpaired) electrons. The number of alkyl carbamates (subject to hydrolysis) is 2. The van der Waals surface area contributed by atoms with Crippen molar-refractivity contribution in [3.63, 3.8) is 0 Å². The molecule has 6 atom stereocenters. The molecule has 0 aliphatic carbocycles. The van der Waals surface area contributed by atoms with Gasteiger partial charge in [0.2, 0.25) is 11.8 Å². The number of likely N-dealkylation sites (tertiary alicyclic amines) is 2. The maximum absolute atomic E-state index is 13.7. The van der Waals surface area contributed by atoms with Gasteiger partial charge in [0.15, 0.2) is 0 Å². The molecule has 0 saturated carbocycles. The Morgan fingerprint density at radius 3 is 1.33 bits per heavy atom. The minimum absolute atomic E-state index is 0.00220. The lowest BCUT2D eigenvalue weighted by molar-refractivity contribution is -0.138. The van der Waals surface area contributed by atoms with E-state index < -0.39 is 24.3 Å². The molecule has 6 rings (SSSR count). The Morgan fingerprint density at radius 2 is 1.00 bits per heavy atom. The van der Waals surface area contributed by atoms with Crippen molar-refractivity contribution in [3.05, 3.63) is 83.7 Å². The summed E-state index contributed by atoms with van der Waals surface area (Å²) < 4.78 is 9.55. The normalized spacial score (nSPS) is 20.0. The fourth-order valence-electron chi connectivity index (χ4n) is 7.88. The van der Waals surface area contributed by atoms with Gasteiger partial charge in [0.05, 0.1) is 50.1 Å². The van der Waals surface area contributed by atoms with Crippen molar-refractivity contribution in [1.82, 2.24) is 40.4 Å². The van der Waals surface area contributed by atoms with Crippen LogP contribution in [0.4, 0.5) is 9.59 Å². The van der Waals surface area contributed by atoms with Crippen molar-refractivity contribution < 1.29 is 28.7 Å². The third-order valence-corrected chi connectivity index (χ3v) is 11.2. The SMILES string of the molecule is COC(=O)N[C@H](C(=O)N1[C@H](C)CC[C@H]1c1ncc(-c2ccc(C#Cc3ccc(-c4cnc([C@@H]5CC[C@@H](C)N5C(=O)[C@@H](NC(=O)OC)C(C)C)[nH]4)cc3)cc2)[nH]1)C(C)C. The minimum atomic E-state index is -0.707. The fourth-order valence-corrected chi connectivity index (χ4v) is 7.88. The summed E-state index contributed by atoms with van der Waals surface area (Å²) in [4.78, 5) is 71.4. The third kappa shape index (κ3) is 9.04. The van der Waals surface area contributed by atoms with Crippen molar-refractivity contribution >= 4 is 24.0 Å². The molecule has 4 aromatic rings. The first-order valence-electron chi connectivity index (χ1n) is 20.0. The monoisotopic (exact) mass is 790 g/mol. The average Bonchev–Trinajstić information content (AvgIpc) is 4.04. The van der Waals surface area contributed by atoms with Crippen LogP contribution in [0, 0.1) is 23.7 Å². The lowest BCUT2D eigenvalue weighted by Gasteiger charge is -2.32. The predicted molar refractivity (Wildman–Crippen MR) is 219 cm³/mol. The van der Waals surface area contributed by atoms with Gasteiger partial charge in [-0.1, -0.05) is 63.8 Å². The number of aromatic amines is 2. The molecule has 306 valence electrons. The van der Waals surface area contributed by atoms with Crippen LogP contribution < -0.4 is 10.6 Å². The number of carbonyl (C=O) groups excluding carboxylic acids is 4. The third-order valence-electron chi connectivity index (χ3n) is 11.2. The molecule has 2 aromatic carbocycles. The van der Waals surface area contributed by atoms with Gasteiger partial charge >= 0.3 is 12.2 Å². The summed E-state index contributed by atoms with van der Waals surface area (Å²) in [6, 6.07) is 14.0. The van der Waals surface area contributed by atoms with Gasteiger partial charge in [-0.15, -0.1) is 0 Å². The van der Waals surface area contributed by atoms with Crippen molar-refractivity contribution in [2.24, 2.45) is 11.8 Å². The zero-order valence-electron chi connectivity index (χ0n) is 34.5. The van der Waals surface area contributed by atoms with E-state index in [2.05, 4.69) is 42.4 Å². The second kappa shape index (κ2) is 18.0. The summed E-state index contributed by atoms with van der Waals surface area (Å²) >= 11 is 0. The van der Waals surface area contributed by atoms with E-state index in [4.69, 9.17) is 9.47 Å². The maximum atomic E-state index is 13.7. The minimum Gasteiger partial charge on any atom is -0.453 e. The second-order valence-corrected chi connectivity index (χ2v) is 15.9. The highest BCUT2D eigenvalue weighted by Gasteiger charge is 2.42. The lowest BCUT2D eigenvalue weighted by atomic mass is 10.0. The zero-order valence-corrected chi connectivity index (χ0v) is 34.5. The van der Waals surface area contributed by atoms with Gasteiger partial charge in [0, 0.05) is 23.2 Å². The van der Waals surface area contributed by atoms with Gasteiger partial charge in [-0.25, -0.2) is 19.6 Å². The number of nitrogens with one attached hydrogen (secondary N) is 4. The topological polar surface area (TPSA) is 175 Å². The highest BCUT2D eigenvalue weighted by atomic mass is 16.5. The van der Waals surface area contributed by atoms with Crippen LogP contribution in [-0.2, 0) is 19.1 Å². The molecule has 0 unspecified atom stereocenters. The Labute approximate surface area is 339 Å². The molecule has 0 spiro atoms. The summed E-state index contributed by atoms with van der Waals surface area (Å²) in [5.74, 6) is 7.39. The molecular weight excluding hydrogens is 737 g/mol. The van der Waals surface area contributed by atoms with E-state index >= 15 is 0 Å². The van der Waals surface area contributed by atoms with Gasteiger partial charge in [-0.3, -0.25) is 9.59 Å².